The first-order valence-electron chi connectivity index (χ1n) is 6.60. The van der Waals surface area contributed by atoms with E-state index in [1.165, 1.54) is 16.2 Å². The van der Waals surface area contributed by atoms with Crippen LogP contribution in [0, 0.1) is 0 Å². The number of thiazole rings is 1. The van der Waals surface area contributed by atoms with Crippen molar-refractivity contribution in [1.82, 2.24) is 14.8 Å². The molecule has 1 aromatic heterocycles. The summed E-state index contributed by atoms with van der Waals surface area (Å²) in [6.45, 7) is 1.19. The second-order valence-corrected chi connectivity index (χ2v) is 6.19. The molecule has 1 aromatic rings. The van der Waals surface area contributed by atoms with E-state index >= 15 is 0 Å². The van der Waals surface area contributed by atoms with Crippen molar-refractivity contribution in [2.75, 3.05) is 37.7 Å². The molecule has 0 bridgehead atoms. The molecule has 0 spiro atoms. The van der Waals surface area contributed by atoms with Gasteiger partial charge in [-0.2, -0.15) is 0 Å². The van der Waals surface area contributed by atoms with Gasteiger partial charge in [-0.3, -0.25) is 9.59 Å². The summed E-state index contributed by atoms with van der Waals surface area (Å²) < 4.78 is 0. The molecule has 20 heavy (non-hydrogen) atoms. The predicted molar refractivity (Wildman–Crippen MR) is 76.7 cm³/mol. The van der Waals surface area contributed by atoms with Gasteiger partial charge in [0.1, 0.15) is 17.2 Å². The number of hydrogen-bond acceptors (Lipinski definition) is 6. The zero-order valence-corrected chi connectivity index (χ0v) is 12.1. The Bertz CT molecular complexity index is 554. The van der Waals surface area contributed by atoms with Crippen molar-refractivity contribution in [2.45, 2.75) is 18.9 Å². The van der Waals surface area contributed by atoms with E-state index < -0.39 is 0 Å². The third-order valence-electron chi connectivity index (χ3n) is 3.50. The SMILES string of the molecule is CN1CCN(C(=O)c2sc(NC3CC3)nc2N)CC1=O. The third-order valence-corrected chi connectivity index (χ3v) is 4.49. The highest BCUT2D eigenvalue weighted by molar-refractivity contribution is 7.18. The van der Waals surface area contributed by atoms with Crippen LogP contribution in [0.1, 0.15) is 22.5 Å². The van der Waals surface area contributed by atoms with E-state index in [1.807, 2.05) is 0 Å². The van der Waals surface area contributed by atoms with E-state index in [4.69, 9.17) is 5.73 Å². The molecule has 2 heterocycles. The first-order valence-corrected chi connectivity index (χ1v) is 7.42. The molecule has 108 valence electrons. The Morgan fingerprint density at radius 3 is 2.85 bits per heavy atom. The molecule has 1 saturated heterocycles. The maximum Gasteiger partial charge on any atom is 0.268 e. The Morgan fingerprint density at radius 2 is 2.20 bits per heavy atom. The lowest BCUT2D eigenvalue weighted by molar-refractivity contribution is -0.133. The second kappa shape index (κ2) is 4.93. The Morgan fingerprint density at radius 1 is 1.45 bits per heavy atom. The van der Waals surface area contributed by atoms with Crippen LogP contribution in [0.3, 0.4) is 0 Å². The fourth-order valence-electron chi connectivity index (χ4n) is 2.02. The summed E-state index contributed by atoms with van der Waals surface area (Å²) in [4.78, 5) is 31.8. The number of hydrogen-bond donors (Lipinski definition) is 2. The quantitative estimate of drug-likeness (QED) is 0.832. The van der Waals surface area contributed by atoms with Crippen LogP contribution in [0.25, 0.3) is 0 Å². The van der Waals surface area contributed by atoms with E-state index in [1.54, 1.807) is 11.9 Å². The van der Waals surface area contributed by atoms with Crippen LogP contribution in [-0.2, 0) is 4.79 Å². The van der Waals surface area contributed by atoms with E-state index in [0.29, 0.717) is 29.1 Å². The van der Waals surface area contributed by atoms with Crippen LogP contribution >= 0.6 is 11.3 Å². The standard InChI is InChI=1S/C12H17N5O2S/c1-16-4-5-17(6-8(16)18)11(19)9-10(13)15-12(20-9)14-7-2-3-7/h7H,2-6,13H2,1H3,(H,14,15). The number of nitrogens with two attached hydrogens (primary N) is 1. The first kappa shape index (κ1) is 13.2. The normalized spacial score (nSPS) is 19.4. The topological polar surface area (TPSA) is 91.6 Å². The van der Waals surface area contributed by atoms with Gasteiger partial charge >= 0.3 is 0 Å². The lowest BCUT2D eigenvalue weighted by Crippen LogP contribution is -2.50. The smallest absolute Gasteiger partial charge is 0.268 e. The minimum Gasteiger partial charge on any atom is -0.382 e. The molecular weight excluding hydrogens is 278 g/mol. The molecule has 2 aliphatic rings. The van der Waals surface area contributed by atoms with Gasteiger partial charge in [0.25, 0.3) is 5.91 Å². The molecule has 3 rings (SSSR count). The lowest BCUT2D eigenvalue weighted by atomic mass is 10.3. The Labute approximate surface area is 120 Å². The summed E-state index contributed by atoms with van der Waals surface area (Å²) >= 11 is 1.27. The largest absolute Gasteiger partial charge is 0.382 e. The highest BCUT2D eigenvalue weighted by atomic mass is 32.1. The Balaban J connectivity index is 1.72. The molecule has 1 aliphatic carbocycles. The molecular formula is C12H17N5O2S. The van der Waals surface area contributed by atoms with E-state index in [-0.39, 0.29) is 24.2 Å². The van der Waals surface area contributed by atoms with Gasteiger partial charge in [0.05, 0.1) is 0 Å². The van der Waals surface area contributed by atoms with Gasteiger partial charge in [-0.15, -0.1) is 0 Å². The van der Waals surface area contributed by atoms with Crippen LogP contribution in [0.5, 0.6) is 0 Å². The van der Waals surface area contributed by atoms with Crippen molar-refractivity contribution in [2.24, 2.45) is 0 Å². The molecule has 0 radical (unpaired) electrons. The summed E-state index contributed by atoms with van der Waals surface area (Å²) in [7, 11) is 1.74. The van der Waals surface area contributed by atoms with Gasteiger partial charge in [0, 0.05) is 26.2 Å². The molecule has 1 saturated carbocycles. The molecule has 2 amide bonds. The molecule has 2 fully saturated rings. The monoisotopic (exact) mass is 295 g/mol. The van der Waals surface area contributed by atoms with Gasteiger partial charge < -0.3 is 20.9 Å². The first-order chi connectivity index (χ1) is 9.54. The highest BCUT2D eigenvalue weighted by Gasteiger charge is 2.29. The highest BCUT2D eigenvalue weighted by Crippen LogP contribution is 2.31. The van der Waals surface area contributed by atoms with Crippen LogP contribution < -0.4 is 11.1 Å². The van der Waals surface area contributed by atoms with Crippen molar-refractivity contribution in [1.29, 1.82) is 0 Å². The Hall–Kier alpha value is -1.83. The number of anilines is 2. The molecule has 0 atom stereocenters. The number of nitrogen functional groups attached to an aromatic ring is 1. The summed E-state index contributed by atoms with van der Waals surface area (Å²) in [5, 5.41) is 3.92. The molecule has 0 aromatic carbocycles. The van der Waals surface area contributed by atoms with Gasteiger partial charge in [-0.1, -0.05) is 11.3 Å². The lowest BCUT2D eigenvalue weighted by Gasteiger charge is -2.31. The summed E-state index contributed by atoms with van der Waals surface area (Å²) in [6.07, 6.45) is 2.27. The van der Waals surface area contributed by atoms with Crippen molar-refractivity contribution < 1.29 is 9.59 Å². The molecule has 3 N–H and O–H groups in total. The van der Waals surface area contributed by atoms with Crippen LogP contribution in [0.15, 0.2) is 0 Å². The number of piperazine rings is 1. The molecule has 8 heteroatoms. The number of nitrogens with one attached hydrogen (secondary N) is 1. The molecule has 1 aliphatic heterocycles. The van der Waals surface area contributed by atoms with Crippen molar-refractivity contribution in [3.05, 3.63) is 4.88 Å². The Kier molecular flexibility index (Phi) is 3.25. The van der Waals surface area contributed by atoms with E-state index in [9.17, 15) is 9.59 Å². The number of likely N-dealkylation sites (N-methyl/N-ethyl adjacent to an activating group) is 1. The summed E-state index contributed by atoms with van der Waals surface area (Å²) in [5.41, 5.74) is 5.82. The summed E-state index contributed by atoms with van der Waals surface area (Å²) in [6, 6.07) is 0.466. The predicted octanol–water partition coefficient (Wildman–Crippen LogP) is 0.214. The second-order valence-electron chi connectivity index (χ2n) is 5.19. The molecule has 0 unspecified atom stereocenters. The fourth-order valence-corrected chi connectivity index (χ4v) is 2.95. The third kappa shape index (κ3) is 2.55. The minimum absolute atomic E-state index is 0.0518. The number of rotatable bonds is 3. The van der Waals surface area contributed by atoms with Crippen LogP contribution in [-0.4, -0.2) is 59.3 Å². The average Bonchev–Trinajstić information content (AvgIpc) is 3.14. The van der Waals surface area contributed by atoms with Crippen molar-refractivity contribution >= 4 is 34.1 Å². The number of carbonyl (C=O) groups is 2. The van der Waals surface area contributed by atoms with Gasteiger partial charge in [0.15, 0.2) is 5.13 Å². The minimum atomic E-state index is -0.203. The maximum absolute atomic E-state index is 12.4. The van der Waals surface area contributed by atoms with Gasteiger partial charge in [-0.05, 0) is 12.8 Å². The van der Waals surface area contributed by atoms with Gasteiger partial charge in [-0.25, -0.2) is 4.98 Å². The number of aromatic nitrogens is 1. The van der Waals surface area contributed by atoms with Crippen molar-refractivity contribution in [3.8, 4) is 0 Å². The fraction of sp³-hybridized carbons (Fsp3) is 0.583. The number of amides is 2. The zero-order chi connectivity index (χ0) is 14.3. The van der Waals surface area contributed by atoms with Gasteiger partial charge in [0.2, 0.25) is 5.91 Å². The van der Waals surface area contributed by atoms with Crippen molar-refractivity contribution in [3.63, 3.8) is 0 Å². The van der Waals surface area contributed by atoms with E-state index in [0.717, 1.165) is 12.8 Å². The summed E-state index contributed by atoms with van der Waals surface area (Å²) in [5.74, 6) is -0.0103. The number of carbonyl (C=O) groups excluding carboxylic acids is 2. The maximum atomic E-state index is 12.4. The molecule has 7 nitrogen and oxygen atoms in total. The average molecular weight is 295 g/mol. The van der Waals surface area contributed by atoms with Crippen LogP contribution in [0.4, 0.5) is 10.9 Å². The van der Waals surface area contributed by atoms with Crippen LogP contribution in [0.2, 0.25) is 0 Å². The van der Waals surface area contributed by atoms with E-state index in [2.05, 4.69) is 10.3 Å². The number of nitrogens with zero attached hydrogens (tertiary/aromatic N) is 3. The zero-order valence-electron chi connectivity index (χ0n) is 11.3.